The molecule has 1 aromatic rings. The maximum Gasteiger partial charge on any atom is 0.254 e. The number of hydrogen-bond donors (Lipinski definition) is 1. The van der Waals surface area contributed by atoms with Crippen LogP contribution in [0.1, 0.15) is 48.4 Å². The molecule has 0 spiro atoms. The van der Waals surface area contributed by atoms with Gasteiger partial charge in [-0.2, -0.15) is 0 Å². The van der Waals surface area contributed by atoms with Crippen molar-refractivity contribution in [1.29, 1.82) is 0 Å². The molecule has 0 aromatic heterocycles. The highest BCUT2D eigenvalue weighted by Gasteiger charge is 2.25. The highest BCUT2D eigenvalue weighted by Crippen LogP contribution is 2.17. The highest BCUT2D eigenvalue weighted by molar-refractivity contribution is 5.99. The fourth-order valence-corrected chi connectivity index (χ4v) is 3.10. The molecule has 6 heteroatoms. The Bertz CT molecular complexity index is 613. The van der Waals surface area contributed by atoms with Gasteiger partial charge in [-0.1, -0.05) is 26.8 Å². The van der Waals surface area contributed by atoms with Crippen molar-refractivity contribution >= 4 is 24.2 Å². The minimum atomic E-state index is -0.0482. The molecule has 5 nitrogen and oxygen atoms in total. The third kappa shape index (κ3) is 5.72. The van der Waals surface area contributed by atoms with Crippen molar-refractivity contribution in [3.63, 3.8) is 0 Å². The minimum Gasteiger partial charge on any atom is -0.341 e. The van der Waals surface area contributed by atoms with Gasteiger partial charge in [-0.05, 0) is 30.5 Å². The van der Waals surface area contributed by atoms with Crippen molar-refractivity contribution in [2.45, 2.75) is 33.7 Å². The van der Waals surface area contributed by atoms with Crippen LogP contribution in [0.25, 0.3) is 0 Å². The van der Waals surface area contributed by atoms with Gasteiger partial charge in [-0.15, -0.1) is 12.4 Å². The molecule has 25 heavy (non-hydrogen) atoms. The zero-order chi connectivity index (χ0) is 17.9. The first kappa shape index (κ1) is 21.5. The molecule has 1 atom stereocenters. The second-order valence-electron chi connectivity index (χ2n) is 7.85. The predicted octanol–water partition coefficient (Wildman–Crippen LogP) is 2.66. The van der Waals surface area contributed by atoms with E-state index in [1.54, 1.807) is 36.2 Å². The van der Waals surface area contributed by atoms with E-state index in [0.717, 1.165) is 13.1 Å². The van der Waals surface area contributed by atoms with Crippen LogP contribution in [0.2, 0.25) is 0 Å². The summed E-state index contributed by atoms with van der Waals surface area (Å²) in [6, 6.07) is 7.24. The molecule has 1 saturated heterocycles. The van der Waals surface area contributed by atoms with Gasteiger partial charge < -0.3 is 15.1 Å². The van der Waals surface area contributed by atoms with Crippen LogP contribution in [-0.2, 0) is 0 Å². The van der Waals surface area contributed by atoms with Gasteiger partial charge in [0.2, 0.25) is 0 Å². The van der Waals surface area contributed by atoms with Gasteiger partial charge in [0, 0.05) is 50.4 Å². The van der Waals surface area contributed by atoms with Crippen LogP contribution in [-0.4, -0.2) is 60.9 Å². The Morgan fingerprint density at radius 2 is 1.92 bits per heavy atom. The first-order valence-electron chi connectivity index (χ1n) is 8.56. The third-order valence-corrected chi connectivity index (χ3v) is 4.18. The van der Waals surface area contributed by atoms with E-state index in [0.29, 0.717) is 24.2 Å². The summed E-state index contributed by atoms with van der Waals surface area (Å²) in [6.07, 6.45) is 0. The van der Waals surface area contributed by atoms with Crippen molar-refractivity contribution in [1.82, 2.24) is 15.1 Å². The Morgan fingerprint density at radius 1 is 1.28 bits per heavy atom. The molecule has 1 aliphatic heterocycles. The van der Waals surface area contributed by atoms with E-state index in [1.807, 2.05) is 11.8 Å². The van der Waals surface area contributed by atoms with Crippen LogP contribution >= 0.6 is 12.4 Å². The number of nitrogens with zero attached hydrogens (tertiary/aromatic N) is 2. The number of nitrogens with one attached hydrogen (secondary N) is 1. The second-order valence-corrected chi connectivity index (χ2v) is 7.85. The van der Waals surface area contributed by atoms with Gasteiger partial charge in [0.15, 0.2) is 0 Å². The Kier molecular flexibility index (Phi) is 7.44. The van der Waals surface area contributed by atoms with Gasteiger partial charge in [-0.3, -0.25) is 9.59 Å². The molecule has 1 fully saturated rings. The summed E-state index contributed by atoms with van der Waals surface area (Å²) < 4.78 is 0. The number of halogens is 1. The molecule has 0 saturated carbocycles. The maximum absolute atomic E-state index is 12.8. The summed E-state index contributed by atoms with van der Waals surface area (Å²) in [5.74, 6) is -0.0509. The summed E-state index contributed by atoms with van der Waals surface area (Å²) in [4.78, 5) is 29.0. The average Bonchev–Trinajstić information content (AvgIpc) is 2.52. The Labute approximate surface area is 157 Å². The van der Waals surface area contributed by atoms with E-state index in [4.69, 9.17) is 0 Å². The van der Waals surface area contributed by atoms with E-state index in [-0.39, 0.29) is 35.7 Å². The molecule has 2 rings (SSSR count). The lowest BCUT2D eigenvalue weighted by molar-refractivity contribution is 0.0655. The Hall–Kier alpha value is -1.59. The fraction of sp³-hybridized carbons (Fsp3) is 0.579. The number of hydrogen-bond acceptors (Lipinski definition) is 3. The topological polar surface area (TPSA) is 52.7 Å². The van der Waals surface area contributed by atoms with Crippen LogP contribution in [0.15, 0.2) is 24.3 Å². The second kappa shape index (κ2) is 8.68. The lowest BCUT2D eigenvalue weighted by atomic mass is 9.96. The van der Waals surface area contributed by atoms with Crippen molar-refractivity contribution in [3.8, 4) is 0 Å². The van der Waals surface area contributed by atoms with E-state index in [2.05, 4.69) is 26.1 Å². The van der Waals surface area contributed by atoms with E-state index in [9.17, 15) is 9.59 Å². The largest absolute Gasteiger partial charge is 0.341 e. The number of amides is 2. The normalized spacial score (nSPS) is 17.6. The van der Waals surface area contributed by atoms with Crippen LogP contribution in [0, 0.1) is 5.41 Å². The Morgan fingerprint density at radius 3 is 2.52 bits per heavy atom. The minimum absolute atomic E-state index is 0. The molecule has 1 aliphatic rings. The number of benzene rings is 1. The molecule has 2 amide bonds. The average molecular weight is 368 g/mol. The number of carbonyl (C=O) groups excluding carboxylic acids is 2. The number of piperazine rings is 1. The SMILES string of the molecule is C[C@H]1CNCCN1C(=O)c1cccc(C(=O)N(C)CC(C)(C)C)c1.Cl. The molecule has 140 valence electrons. The monoisotopic (exact) mass is 367 g/mol. The Balaban J connectivity index is 0.00000312. The van der Waals surface area contributed by atoms with Crippen LogP contribution in [0.5, 0.6) is 0 Å². The first-order valence-corrected chi connectivity index (χ1v) is 8.56. The van der Waals surface area contributed by atoms with Gasteiger partial charge >= 0.3 is 0 Å². The number of rotatable bonds is 3. The van der Waals surface area contributed by atoms with Crippen molar-refractivity contribution < 1.29 is 9.59 Å². The predicted molar refractivity (Wildman–Crippen MR) is 103 cm³/mol. The molecular weight excluding hydrogens is 338 g/mol. The summed E-state index contributed by atoms with van der Waals surface area (Å²) in [6.45, 7) is 11.3. The fourth-order valence-electron chi connectivity index (χ4n) is 3.10. The van der Waals surface area contributed by atoms with E-state index < -0.39 is 0 Å². The lowest BCUT2D eigenvalue weighted by Crippen LogP contribution is -2.52. The zero-order valence-corrected chi connectivity index (χ0v) is 16.7. The van der Waals surface area contributed by atoms with Crippen molar-refractivity contribution in [3.05, 3.63) is 35.4 Å². The van der Waals surface area contributed by atoms with Crippen LogP contribution in [0.4, 0.5) is 0 Å². The van der Waals surface area contributed by atoms with Crippen LogP contribution in [0.3, 0.4) is 0 Å². The van der Waals surface area contributed by atoms with Gasteiger partial charge in [0.1, 0.15) is 0 Å². The lowest BCUT2D eigenvalue weighted by Gasteiger charge is -2.34. The summed E-state index contributed by atoms with van der Waals surface area (Å²) in [5, 5.41) is 3.28. The standard InChI is InChI=1S/C19H29N3O2.ClH/c1-14-12-20-9-10-22(14)18(24)16-8-6-7-15(11-16)17(23)21(5)13-19(2,3)4;/h6-8,11,14,20H,9-10,12-13H2,1-5H3;1H/t14-;/m0./s1. The van der Waals surface area contributed by atoms with Crippen molar-refractivity contribution in [2.24, 2.45) is 5.41 Å². The molecule has 0 aliphatic carbocycles. The smallest absolute Gasteiger partial charge is 0.254 e. The highest BCUT2D eigenvalue weighted by atomic mass is 35.5. The molecule has 0 unspecified atom stereocenters. The third-order valence-electron chi connectivity index (χ3n) is 4.18. The van der Waals surface area contributed by atoms with Crippen molar-refractivity contribution in [2.75, 3.05) is 33.2 Å². The van der Waals surface area contributed by atoms with Crippen LogP contribution < -0.4 is 5.32 Å². The maximum atomic E-state index is 12.8. The number of carbonyl (C=O) groups is 2. The molecule has 1 heterocycles. The summed E-state index contributed by atoms with van der Waals surface area (Å²) >= 11 is 0. The summed E-state index contributed by atoms with van der Waals surface area (Å²) in [7, 11) is 1.81. The molecule has 0 radical (unpaired) electrons. The summed E-state index contributed by atoms with van der Waals surface area (Å²) in [5.41, 5.74) is 1.18. The van der Waals surface area contributed by atoms with Gasteiger partial charge in [-0.25, -0.2) is 0 Å². The molecule has 0 bridgehead atoms. The molecule has 1 aromatic carbocycles. The molecule has 1 N–H and O–H groups in total. The van der Waals surface area contributed by atoms with E-state index >= 15 is 0 Å². The zero-order valence-electron chi connectivity index (χ0n) is 15.8. The van der Waals surface area contributed by atoms with Gasteiger partial charge in [0.25, 0.3) is 11.8 Å². The van der Waals surface area contributed by atoms with E-state index in [1.165, 1.54) is 0 Å². The first-order chi connectivity index (χ1) is 11.2. The quantitative estimate of drug-likeness (QED) is 0.893. The molecular formula is C19H30ClN3O2. The van der Waals surface area contributed by atoms with Gasteiger partial charge in [0.05, 0.1) is 0 Å².